The molecule has 2 atom stereocenters. The smallest absolute Gasteiger partial charge is 0.379 e. The van der Waals surface area contributed by atoms with Crippen LogP contribution in [0.2, 0.25) is 0 Å². The zero-order valence-corrected chi connectivity index (χ0v) is 20.2. The first kappa shape index (κ1) is 26.6. The summed E-state index contributed by atoms with van der Waals surface area (Å²) in [4.78, 5) is 4.23. The van der Waals surface area contributed by atoms with E-state index in [1.165, 1.54) is 18.2 Å². The van der Waals surface area contributed by atoms with Gasteiger partial charge in [0.15, 0.2) is 5.72 Å². The van der Waals surface area contributed by atoms with Crippen LogP contribution in [0.25, 0.3) is 0 Å². The molecule has 0 radical (unpaired) electrons. The van der Waals surface area contributed by atoms with E-state index in [1.54, 1.807) is 25.1 Å². The summed E-state index contributed by atoms with van der Waals surface area (Å²) in [7, 11) is 0. The SMILES string of the molecule is C[C@@H](O[C@@]1(c2ccc(F)cc2)COCCN1CC#CCN1CCOCC1)c1cccc(C(F)(F)F)c1. The molecule has 0 bridgehead atoms. The van der Waals surface area contributed by atoms with Crippen molar-refractivity contribution >= 4 is 0 Å². The molecule has 0 unspecified atom stereocenters. The predicted octanol–water partition coefficient (Wildman–Crippen LogP) is 4.44. The van der Waals surface area contributed by atoms with Gasteiger partial charge in [-0.15, -0.1) is 0 Å². The Morgan fingerprint density at radius 2 is 1.67 bits per heavy atom. The van der Waals surface area contributed by atoms with E-state index >= 15 is 0 Å². The van der Waals surface area contributed by atoms with Gasteiger partial charge < -0.3 is 14.2 Å². The molecule has 0 spiro atoms. The second-order valence-electron chi connectivity index (χ2n) is 8.89. The van der Waals surface area contributed by atoms with E-state index in [-0.39, 0.29) is 6.61 Å². The Labute approximate surface area is 208 Å². The highest BCUT2D eigenvalue weighted by Crippen LogP contribution is 2.39. The fraction of sp³-hybridized carbons (Fsp3) is 0.481. The lowest BCUT2D eigenvalue weighted by Crippen LogP contribution is -2.56. The van der Waals surface area contributed by atoms with E-state index in [0.29, 0.717) is 50.6 Å². The van der Waals surface area contributed by atoms with Gasteiger partial charge in [-0.1, -0.05) is 36.1 Å². The van der Waals surface area contributed by atoms with Crippen LogP contribution in [0.5, 0.6) is 0 Å². The molecule has 2 aromatic carbocycles. The summed E-state index contributed by atoms with van der Waals surface area (Å²) >= 11 is 0. The molecule has 4 rings (SSSR count). The van der Waals surface area contributed by atoms with Gasteiger partial charge in [0.1, 0.15) is 5.82 Å². The molecule has 2 saturated heterocycles. The van der Waals surface area contributed by atoms with Crippen molar-refractivity contribution in [3.05, 3.63) is 71.0 Å². The summed E-state index contributed by atoms with van der Waals surface area (Å²) < 4.78 is 71.4. The minimum Gasteiger partial charge on any atom is -0.379 e. The van der Waals surface area contributed by atoms with Crippen molar-refractivity contribution in [3.63, 3.8) is 0 Å². The number of hydrogen-bond donors (Lipinski definition) is 0. The second kappa shape index (κ2) is 11.7. The fourth-order valence-electron chi connectivity index (χ4n) is 4.42. The second-order valence-corrected chi connectivity index (χ2v) is 8.89. The normalized spacial score (nSPS) is 22.6. The van der Waals surface area contributed by atoms with E-state index in [2.05, 4.69) is 16.7 Å². The van der Waals surface area contributed by atoms with Gasteiger partial charge in [0, 0.05) is 25.2 Å². The van der Waals surface area contributed by atoms with Crippen molar-refractivity contribution in [1.82, 2.24) is 9.80 Å². The first-order valence-corrected chi connectivity index (χ1v) is 12.0. The zero-order valence-electron chi connectivity index (χ0n) is 20.2. The van der Waals surface area contributed by atoms with Crippen LogP contribution in [0.1, 0.15) is 29.7 Å². The number of alkyl halides is 3. The Morgan fingerprint density at radius 3 is 2.39 bits per heavy atom. The van der Waals surface area contributed by atoms with E-state index < -0.39 is 29.4 Å². The van der Waals surface area contributed by atoms with Gasteiger partial charge in [-0.05, 0) is 36.8 Å². The molecule has 2 aliphatic heterocycles. The van der Waals surface area contributed by atoms with Gasteiger partial charge in [0.2, 0.25) is 0 Å². The van der Waals surface area contributed by atoms with Crippen molar-refractivity contribution in [2.75, 3.05) is 59.2 Å². The van der Waals surface area contributed by atoms with Crippen molar-refractivity contribution < 1.29 is 31.8 Å². The maximum atomic E-state index is 13.8. The Bertz CT molecular complexity index is 1060. The summed E-state index contributed by atoms with van der Waals surface area (Å²) in [5, 5.41) is 0. The highest BCUT2D eigenvalue weighted by Gasteiger charge is 2.44. The topological polar surface area (TPSA) is 34.2 Å². The number of benzene rings is 2. The van der Waals surface area contributed by atoms with Gasteiger partial charge in [-0.2, -0.15) is 13.2 Å². The highest BCUT2D eigenvalue weighted by atomic mass is 19.4. The van der Waals surface area contributed by atoms with Crippen LogP contribution < -0.4 is 0 Å². The average molecular weight is 507 g/mol. The Balaban J connectivity index is 1.60. The summed E-state index contributed by atoms with van der Waals surface area (Å²) in [6.07, 6.45) is -5.16. The molecule has 0 aromatic heterocycles. The van der Waals surface area contributed by atoms with Crippen LogP contribution in [0.4, 0.5) is 17.6 Å². The van der Waals surface area contributed by atoms with Crippen LogP contribution in [0, 0.1) is 17.7 Å². The van der Waals surface area contributed by atoms with Crippen LogP contribution in [-0.2, 0) is 26.1 Å². The molecule has 2 fully saturated rings. The number of morpholine rings is 2. The molecule has 194 valence electrons. The van der Waals surface area contributed by atoms with Crippen molar-refractivity contribution in [1.29, 1.82) is 0 Å². The zero-order chi connectivity index (χ0) is 25.6. The molecule has 0 aliphatic carbocycles. The van der Waals surface area contributed by atoms with E-state index in [9.17, 15) is 17.6 Å². The lowest BCUT2D eigenvalue weighted by molar-refractivity contribution is -0.245. The van der Waals surface area contributed by atoms with Crippen LogP contribution in [-0.4, -0.2) is 69.0 Å². The monoisotopic (exact) mass is 506 g/mol. The molecule has 2 heterocycles. The van der Waals surface area contributed by atoms with E-state index in [1.807, 2.05) is 4.90 Å². The Hall–Kier alpha value is -2.48. The van der Waals surface area contributed by atoms with Crippen LogP contribution in [0.3, 0.4) is 0 Å². The first-order valence-electron chi connectivity index (χ1n) is 12.0. The third kappa shape index (κ3) is 6.44. The van der Waals surface area contributed by atoms with E-state index in [0.717, 1.165) is 25.2 Å². The van der Waals surface area contributed by atoms with Crippen molar-refractivity contribution in [2.45, 2.75) is 24.9 Å². The van der Waals surface area contributed by atoms with Crippen LogP contribution >= 0.6 is 0 Å². The molecular formula is C27H30F4N2O3. The van der Waals surface area contributed by atoms with Gasteiger partial charge in [0.05, 0.1) is 51.2 Å². The molecule has 2 aromatic rings. The number of hydrogen-bond acceptors (Lipinski definition) is 5. The molecule has 0 amide bonds. The summed E-state index contributed by atoms with van der Waals surface area (Å²) in [5.41, 5.74) is -0.850. The third-order valence-corrected chi connectivity index (χ3v) is 6.47. The maximum absolute atomic E-state index is 13.8. The summed E-state index contributed by atoms with van der Waals surface area (Å²) in [5.74, 6) is 6.03. The summed E-state index contributed by atoms with van der Waals surface area (Å²) in [6, 6.07) is 11.0. The molecule has 36 heavy (non-hydrogen) atoms. The largest absolute Gasteiger partial charge is 0.416 e. The molecule has 5 nitrogen and oxygen atoms in total. The predicted molar refractivity (Wildman–Crippen MR) is 126 cm³/mol. The average Bonchev–Trinajstić information content (AvgIpc) is 2.88. The van der Waals surface area contributed by atoms with Crippen molar-refractivity contribution in [3.8, 4) is 11.8 Å². The standard InChI is InChI=1S/C27H30F4N2O3/c1-21(22-5-4-6-24(19-22)27(29,30)31)36-26(23-7-9-25(28)10-8-23)20-35-18-15-33(26)12-3-2-11-32-13-16-34-17-14-32/h4-10,19,21H,11-18,20H2,1H3/t21-,26-/m1/s1. The number of rotatable bonds is 6. The summed E-state index contributed by atoms with van der Waals surface area (Å²) in [6.45, 7) is 6.84. The third-order valence-electron chi connectivity index (χ3n) is 6.47. The van der Waals surface area contributed by atoms with Crippen LogP contribution in [0.15, 0.2) is 48.5 Å². The highest BCUT2D eigenvalue weighted by molar-refractivity contribution is 5.29. The molecule has 2 aliphatic rings. The number of ether oxygens (including phenoxy) is 3. The van der Waals surface area contributed by atoms with Gasteiger partial charge in [-0.25, -0.2) is 4.39 Å². The quantitative estimate of drug-likeness (QED) is 0.428. The Kier molecular flexibility index (Phi) is 8.65. The molecule has 9 heteroatoms. The number of halogens is 4. The lowest BCUT2D eigenvalue weighted by atomic mass is 9.98. The molecule has 0 saturated carbocycles. The first-order chi connectivity index (χ1) is 17.3. The fourth-order valence-corrected chi connectivity index (χ4v) is 4.42. The molecular weight excluding hydrogens is 476 g/mol. The minimum absolute atomic E-state index is 0.132. The Morgan fingerprint density at radius 1 is 0.972 bits per heavy atom. The minimum atomic E-state index is -4.46. The lowest BCUT2D eigenvalue weighted by Gasteiger charge is -2.47. The maximum Gasteiger partial charge on any atom is 0.416 e. The molecule has 0 N–H and O–H groups in total. The van der Waals surface area contributed by atoms with Gasteiger partial charge in [-0.3, -0.25) is 9.80 Å². The number of nitrogens with zero attached hydrogens (tertiary/aromatic N) is 2. The van der Waals surface area contributed by atoms with Gasteiger partial charge in [0.25, 0.3) is 0 Å². The van der Waals surface area contributed by atoms with E-state index in [4.69, 9.17) is 14.2 Å². The van der Waals surface area contributed by atoms with Gasteiger partial charge >= 0.3 is 6.18 Å². The van der Waals surface area contributed by atoms with Crippen molar-refractivity contribution in [2.24, 2.45) is 0 Å².